The van der Waals surface area contributed by atoms with E-state index < -0.39 is 6.36 Å². The normalized spacial score (nSPS) is 30.5. The second-order valence-corrected chi connectivity index (χ2v) is 4.16. The number of alkyl halides is 3. The van der Waals surface area contributed by atoms with Crippen LogP contribution in [0, 0.1) is 5.92 Å². The number of halogens is 3. The third-order valence-corrected chi connectivity index (χ3v) is 2.82. The quantitative estimate of drug-likeness (QED) is 0.695. The minimum atomic E-state index is -4.47. The van der Waals surface area contributed by atoms with Gasteiger partial charge in [-0.25, -0.2) is 0 Å². The van der Waals surface area contributed by atoms with Gasteiger partial charge in [-0.2, -0.15) is 12.6 Å². The average Bonchev–Trinajstić information content (AvgIpc) is 2.02. The van der Waals surface area contributed by atoms with Gasteiger partial charge in [0.25, 0.3) is 0 Å². The van der Waals surface area contributed by atoms with Crippen LogP contribution >= 0.6 is 12.6 Å². The summed E-state index contributed by atoms with van der Waals surface area (Å²) in [4.78, 5) is 0. The van der Waals surface area contributed by atoms with Crippen LogP contribution in [-0.4, -0.2) is 18.2 Å². The third kappa shape index (κ3) is 4.76. The van der Waals surface area contributed by atoms with E-state index in [0.29, 0.717) is 5.25 Å². The highest BCUT2D eigenvalue weighted by Crippen LogP contribution is 2.29. The molecule has 78 valence electrons. The van der Waals surface area contributed by atoms with E-state index >= 15 is 0 Å². The molecule has 0 amide bonds. The lowest BCUT2D eigenvalue weighted by Crippen LogP contribution is -2.23. The Bertz CT molecular complexity index is 152. The van der Waals surface area contributed by atoms with Gasteiger partial charge in [-0.05, 0) is 31.6 Å². The SMILES string of the molecule is FC(F)(F)OCC1CCC(S)CC1. The molecule has 0 N–H and O–H groups in total. The molecule has 5 heteroatoms. The fourth-order valence-electron chi connectivity index (χ4n) is 1.52. The van der Waals surface area contributed by atoms with Crippen LogP contribution in [0.5, 0.6) is 0 Å². The van der Waals surface area contributed by atoms with E-state index in [1.807, 2.05) is 0 Å². The molecule has 0 aromatic rings. The Morgan fingerprint density at radius 1 is 1.15 bits per heavy atom. The maximum absolute atomic E-state index is 11.6. The molecule has 0 unspecified atom stereocenters. The summed E-state index contributed by atoms with van der Waals surface area (Å²) in [5.74, 6) is 0.0602. The first kappa shape index (κ1) is 11.2. The van der Waals surface area contributed by atoms with Crippen LogP contribution < -0.4 is 0 Å². The lowest BCUT2D eigenvalue weighted by Gasteiger charge is -2.25. The lowest BCUT2D eigenvalue weighted by atomic mass is 9.89. The zero-order valence-electron chi connectivity index (χ0n) is 7.18. The van der Waals surface area contributed by atoms with Gasteiger partial charge in [-0.1, -0.05) is 0 Å². The van der Waals surface area contributed by atoms with Crippen LogP contribution in [0.4, 0.5) is 13.2 Å². The maximum Gasteiger partial charge on any atom is 0.522 e. The molecule has 0 atom stereocenters. The molecule has 0 aromatic carbocycles. The Kier molecular flexibility index (Phi) is 3.91. The van der Waals surface area contributed by atoms with E-state index in [4.69, 9.17) is 0 Å². The van der Waals surface area contributed by atoms with Gasteiger partial charge in [-0.3, -0.25) is 4.74 Å². The minimum absolute atomic E-state index is 0.0602. The van der Waals surface area contributed by atoms with E-state index in [-0.39, 0.29) is 12.5 Å². The van der Waals surface area contributed by atoms with Crippen LogP contribution in [0.25, 0.3) is 0 Å². The van der Waals surface area contributed by atoms with Gasteiger partial charge >= 0.3 is 6.36 Å². The molecule has 1 aliphatic carbocycles. The molecule has 1 nitrogen and oxygen atoms in total. The van der Waals surface area contributed by atoms with Crippen molar-refractivity contribution in [3.05, 3.63) is 0 Å². The maximum atomic E-state index is 11.6. The minimum Gasteiger partial charge on any atom is -0.292 e. The molecule has 1 fully saturated rings. The second kappa shape index (κ2) is 4.55. The van der Waals surface area contributed by atoms with Gasteiger partial charge in [0, 0.05) is 5.25 Å². The first-order valence-corrected chi connectivity index (χ1v) is 4.88. The van der Waals surface area contributed by atoms with E-state index in [2.05, 4.69) is 17.4 Å². The Morgan fingerprint density at radius 3 is 2.15 bits per heavy atom. The number of thiol groups is 1. The van der Waals surface area contributed by atoms with Crippen molar-refractivity contribution in [2.75, 3.05) is 6.61 Å². The van der Waals surface area contributed by atoms with E-state index in [0.717, 1.165) is 25.7 Å². The number of hydrogen-bond donors (Lipinski definition) is 1. The topological polar surface area (TPSA) is 9.23 Å². The Morgan fingerprint density at radius 2 is 1.69 bits per heavy atom. The fraction of sp³-hybridized carbons (Fsp3) is 1.00. The van der Waals surface area contributed by atoms with Crippen LogP contribution in [0.2, 0.25) is 0 Å². The van der Waals surface area contributed by atoms with Crippen molar-refractivity contribution in [2.45, 2.75) is 37.3 Å². The largest absolute Gasteiger partial charge is 0.522 e. The molecule has 1 saturated carbocycles. The third-order valence-electron chi connectivity index (χ3n) is 2.30. The summed E-state index contributed by atoms with van der Waals surface area (Å²) in [5, 5.41) is 0.363. The van der Waals surface area contributed by atoms with Crippen molar-refractivity contribution in [3.63, 3.8) is 0 Å². The fourth-order valence-corrected chi connectivity index (χ4v) is 1.82. The highest BCUT2D eigenvalue weighted by molar-refractivity contribution is 7.80. The van der Waals surface area contributed by atoms with Gasteiger partial charge in [0.15, 0.2) is 0 Å². The molecular formula is C8H13F3OS. The Labute approximate surface area is 81.1 Å². The summed E-state index contributed by atoms with van der Waals surface area (Å²) in [6, 6.07) is 0. The first-order chi connectivity index (χ1) is 5.97. The summed E-state index contributed by atoms with van der Waals surface area (Å²) < 4.78 is 38.7. The van der Waals surface area contributed by atoms with Crippen molar-refractivity contribution in [1.82, 2.24) is 0 Å². The van der Waals surface area contributed by atoms with Crippen molar-refractivity contribution in [2.24, 2.45) is 5.92 Å². The molecular weight excluding hydrogens is 201 g/mol. The summed E-state index contributed by atoms with van der Waals surface area (Å²) in [7, 11) is 0. The molecule has 0 heterocycles. The van der Waals surface area contributed by atoms with Gasteiger partial charge in [0.2, 0.25) is 0 Å². The van der Waals surface area contributed by atoms with Gasteiger partial charge in [0.05, 0.1) is 6.61 Å². The van der Waals surface area contributed by atoms with Gasteiger partial charge in [-0.15, -0.1) is 13.2 Å². The predicted molar refractivity (Wildman–Crippen MR) is 46.7 cm³/mol. The van der Waals surface area contributed by atoms with Gasteiger partial charge < -0.3 is 0 Å². The zero-order valence-corrected chi connectivity index (χ0v) is 8.07. The standard InChI is InChI=1S/C8H13F3OS/c9-8(10,11)12-5-6-1-3-7(13)4-2-6/h6-7,13H,1-5H2. The molecule has 0 bridgehead atoms. The molecule has 0 saturated heterocycles. The van der Waals surface area contributed by atoms with Gasteiger partial charge in [0.1, 0.15) is 0 Å². The predicted octanol–water partition coefficient (Wildman–Crippen LogP) is 3.01. The highest BCUT2D eigenvalue weighted by atomic mass is 32.1. The molecule has 0 radical (unpaired) electrons. The summed E-state index contributed by atoms with van der Waals surface area (Å²) in [6.07, 6.45) is -1.09. The zero-order chi connectivity index (χ0) is 9.90. The molecule has 1 aliphatic rings. The first-order valence-electron chi connectivity index (χ1n) is 4.36. The highest BCUT2D eigenvalue weighted by Gasteiger charge is 2.31. The summed E-state index contributed by atoms with van der Waals surface area (Å²) in [6.45, 7) is -0.190. The Balaban J connectivity index is 2.16. The van der Waals surface area contributed by atoms with Crippen LogP contribution in [0.1, 0.15) is 25.7 Å². The summed E-state index contributed by atoms with van der Waals surface area (Å²) in [5.41, 5.74) is 0. The lowest BCUT2D eigenvalue weighted by molar-refractivity contribution is -0.328. The van der Waals surface area contributed by atoms with Crippen molar-refractivity contribution < 1.29 is 17.9 Å². The number of hydrogen-bond acceptors (Lipinski definition) is 2. The second-order valence-electron chi connectivity index (χ2n) is 3.43. The average molecular weight is 214 g/mol. The van der Waals surface area contributed by atoms with Crippen LogP contribution in [-0.2, 0) is 4.74 Å². The van der Waals surface area contributed by atoms with Crippen LogP contribution in [0.15, 0.2) is 0 Å². The molecule has 1 rings (SSSR count). The van der Waals surface area contributed by atoms with Crippen LogP contribution in [0.3, 0.4) is 0 Å². The van der Waals surface area contributed by atoms with E-state index in [1.54, 1.807) is 0 Å². The number of ether oxygens (including phenoxy) is 1. The smallest absolute Gasteiger partial charge is 0.292 e. The molecule has 0 spiro atoms. The molecule has 13 heavy (non-hydrogen) atoms. The van der Waals surface area contributed by atoms with Crippen molar-refractivity contribution >= 4 is 12.6 Å². The summed E-state index contributed by atoms with van der Waals surface area (Å²) >= 11 is 4.26. The van der Waals surface area contributed by atoms with Crippen molar-refractivity contribution in [1.29, 1.82) is 0 Å². The molecule has 0 aromatic heterocycles. The van der Waals surface area contributed by atoms with E-state index in [1.165, 1.54) is 0 Å². The van der Waals surface area contributed by atoms with E-state index in [9.17, 15) is 13.2 Å². The monoisotopic (exact) mass is 214 g/mol. The Hall–Kier alpha value is 0.100. The number of rotatable bonds is 2. The van der Waals surface area contributed by atoms with Crippen molar-refractivity contribution in [3.8, 4) is 0 Å². The molecule has 0 aliphatic heterocycles.